The molecule has 0 saturated heterocycles. The van der Waals surface area contributed by atoms with Crippen LogP contribution >= 0.6 is 11.8 Å². The Morgan fingerprint density at radius 2 is 1.71 bits per heavy atom. The summed E-state index contributed by atoms with van der Waals surface area (Å²) in [7, 11) is -3.33. The number of carbonyl (C=O) groups excluding carboxylic acids is 2. The van der Waals surface area contributed by atoms with Gasteiger partial charge in [0.2, 0.25) is 5.91 Å². The average Bonchev–Trinajstić information content (AvgIpc) is 3.29. The van der Waals surface area contributed by atoms with Crippen molar-refractivity contribution in [3.05, 3.63) is 89.5 Å². The molecule has 0 spiro atoms. The number of nitrogens with zero attached hydrogens (tertiary/aromatic N) is 1. The predicted molar refractivity (Wildman–Crippen MR) is 133 cm³/mol. The van der Waals surface area contributed by atoms with Crippen LogP contribution < -0.4 is 10.2 Å². The van der Waals surface area contributed by atoms with Crippen molar-refractivity contribution in [1.29, 1.82) is 0 Å². The van der Waals surface area contributed by atoms with E-state index < -0.39 is 9.84 Å². The number of amides is 2. The van der Waals surface area contributed by atoms with E-state index in [1.54, 1.807) is 36.4 Å². The standard InChI is InChI=1S/C26H24N2O4S2/c29-25(28-15-13-18-7-1-4-10-22(18)28)17-33-23-11-5-2-9-20(23)26(30)27-21-14-16-34(31,32)24-12-6-3-8-19(21)24/h1-12,21H,13-17H2,(H,27,30). The number of hydrogen-bond acceptors (Lipinski definition) is 5. The summed E-state index contributed by atoms with van der Waals surface area (Å²) in [5, 5.41) is 3.01. The van der Waals surface area contributed by atoms with E-state index in [1.165, 1.54) is 17.3 Å². The molecule has 0 bridgehead atoms. The summed E-state index contributed by atoms with van der Waals surface area (Å²) in [6, 6.07) is 21.6. The SMILES string of the molecule is O=C(NC1CCS(=O)(=O)c2ccccc21)c1ccccc1SCC(=O)N1CCc2ccccc21. The van der Waals surface area contributed by atoms with Gasteiger partial charge in [-0.1, -0.05) is 48.5 Å². The van der Waals surface area contributed by atoms with E-state index in [-0.39, 0.29) is 34.3 Å². The summed E-state index contributed by atoms with van der Waals surface area (Å²) in [6.07, 6.45) is 1.18. The molecular formula is C26H24N2O4S2. The summed E-state index contributed by atoms with van der Waals surface area (Å²) in [6.45, 7) is 0.671. The molecule has 0 aromatic heterocycles. The molecular weight excluding hydrogens is 468 g/mol. The molecule has 34 heavy (non-hydrogen) atoms. The van der Waals surface area contributed by atoms with Crippen molar-refractivity contribution in [2.24, 2.45) is 0 Å². The van der Waals surface area contributed by atoms with E-state index >= 15 is 0 Å². The van der Waals surface area contributed by atoms with Crippen LogP contribution in [0.4, 0.5) is 5.69 Å². The predicted octanol–water partition coefficient (Wildman–Crippen LogP) is 4.02. The van der Waals surface area contributed by atoms with Gasteiger partial charge in [0.1, 0.15) is 0 Å². The van der Waals surface area contributed by atoms with Gasteiger partial charge in [-0.3, -0.25) is 9.59 Å². The number of nitrogens with one attached hydrogen (secondary N) is 1. The van der Waals surface area contributed by atoms with Crippen LogP contribution in [0.2, 0.25) is 0 Å². The zero-order valence-electron chi connectivity index (χ0n) is 18.4. The second-order valence-electron chi connectivity index (χ2n) is 8.38. The Labute approximate surface area is 203 Å². The van der Waals surface area contributed by atoms with Crippen LogP contribution in [0.3, 0.4) is 0 Å². The second kappa shape index (κ2) is 9.27. The van der Waals surface area contributed by atoms with Crippen molar-refractivity contribution in [2.45, 2.75) is 28.7 Å². The molecule has 0 radical (unpaired) electrons. The zero-order chi connectivity index (χ0) is 23.7. The monoisotopic (exact) mass is 492 g/mol. The molecule has 8 heteroatoms. The fraction of sp³-hybridized carbons (Fsp3) is 0.231. The number of thioether (sulfide) groups is 1. The Morgan fingerprint density at radius 1 is 0.971 bits per heavy atom. The van der Waals surface area contributed by atoms with E-state index in [0.717, 1.165) is 17.0 Å². The maximum atomic E-state index is 13.2. The van der Waals surface area contributed by atoms with Gasteiger partial charge in [-0.05, 0) is 48.2 Å². The normalized spacial score (nSPS) is 18.1. The van der Waals surface area contributed by atoms with Crippen LogP contribution in [0.1, 0.15) is 33.9 Å². The third-order valence-electron chi connectivity index (χ3n) is 6.28. The van der Waals surface area contributed by atoms with E-state index in [9.17, 15) is 18.0 Å². The van der Waals surface area contributed by atoms with Gasteiger partial charge >= 0.3 is 0 Å². The third kappa shape index (κ3) is 4.35. The Bertz CT molecular complexity index is 1370. The fourth-order valence-corrected chi connectivity index (χ4v) is 7.12. The van der Waals surface area contributed by atoms with Crippen LogP contribution in [0.15, 0.2) is 82.6 Å². The Balaban J connectivity index is 1.30. The first kappa shape index (κ1) is 22.7. The number of carbonyl (C=O) groups is 2. The molecule has 0 aliphatic carbocycles. The minimum atomic E-state index is -3.33. The van der Waals surface area contributed by atoms with E-state index in [2.05, 4.69) is 5.32 Å². The molecule has 5 rings (SSSR count). The molecule has 2 aliphatic heterocycles. The lowest BCUT2D eigenvalue weighted by Gasteiger charge is -2.26. The number of fused-ring (bicyclic) bond motifs is 2. The molecule has 2 heterocycles. The highest BCUT2D eigenvalue weighted by molar-refractivity contribution is 8.00. The lowest BCUT2D eigenvalue weighted by Crippen LogP contribution is -2.34. The molecule has 1 unspecified atom stereocenters. The summed E-state index contributed by atoms with van der Waals surface area (Å²) >= 11 is 1.34. The number of hydrogen-bond donors (Lipinski definition) is 1. The quantitative estimate of drug-likeness (QED) is 0.544. The Kier molecular flexibility index (Phi) is 6.18. The van der Waals surface area contributed by atoms with Crippen molar-refractivity contribution < 1.29 is 18.0 Å². The lowest BCUT2D eigenvalue weighted by molar-refractivity contribution is -0.116. The number of benzene rings is 3. The van der Waals surface area contributed by atoms with Crippen LogP contribution in [0.25, 0.3) is 0 Å². The highest BCUT2D eigenvalue weighted by Gasteiger charge is 2.31. The minimum Gasteiger partial charge on any atom is -0.345 e. The molecule has 0 saturated carbocycles. The largest absolute Gasteiger partial charge is 0.345 e. The molecule has 3 aromatic carbocycles. The van der Waals surface area contributed by atoms with Crippen molar-refractivity contribution in [2.75, 3.05) is 23.0 Å². The third-order valence-corrected chi connectivity index (χ3v) is 9.15. The minimum absolute atomic E-state index is 0.00281. The summed E-state index contributed by atoms with van der Waals surface area (Å²) in [4.78, 5) is 28.9. The van der Waals surface area contributed by atoms with E-state index in [1.807, 2.05) is 41.3 Å². The van der Waals surface area contributed by atoms with Crippen LogP contribution in [0.5, 0.6) is 0 Å². The number of sulfone groups is 1. The first-order valence-electron chi connectivity index (χ1n) is 11.2. The van der Waals surface area contributed by atoms with E-state index in [0.29, 0.717) is 24.1 Å². The van der Waals surface area contributed by atoms with Crippen LogP contribution in [-0.2, 0) is 21.1 Å². The molecule has 174 valence electrons. The average molecular weight is 493 g/mol. The summed E-state index contributed by atoms with van der Waals surface area (Å²) < 4.78 is 24.8. The molecule has 2 aliphatic rings. The van der Waals surface area contributed by atoms with Gasteiger partial charge in [0.15, 0.2) is 9.84 Å². The maximum absolute atomic E-state index is 13.2. The van der Waals surface area contributed by atoms with Gasteiger partial charge in [0.25, 0.3) is 5.91 Å². The van der Waals surface area contributed by atoms with Gasteiger partial charge in [-0.2, -0.15) is 0 Å². The number of rotatable bonds is 5. The molecule has 0 fully saturated rings. The topological polar surface area (TPSA) is 83.5 Å². The highest BCUT2D eigenvalue weighted by atomic mass is 32.2. The first-order chi connectivity index (χ1) is 16.4. The van der Waals surface area contributed by atoms with Gasteiger partial charge in [0, 0.05) is 17.1 Å². The highest BCUT2D eigenvalue weighted by Crippen LogP contribution is 2.33. The Hall–Kier alpha value is -3.10. The zero-order valence-corrected chi connectivity index (χ0v) is 20.1. The summed E-state index contributed by atoms with van der Waals surface area (Å²) in [5.41, 5.74) is 3.24. The van der Waals surface area contributed by atoms with Gasteiger partial charge in [-0.25, -0.2) is 8.42 Å². The van der Waals surface area contributed by atoms with Crippen molar-refractivity contribution in [3.8, 4) is 0 Å². The van der Waals surface area contributed by atoms with Crippen LogP contribution in [-0.4, -0.2) is 38.3 Å². The van der Waals surface area contributed by atoms with Crippen molar-refractivity contribution >= 4 is 39.1 Å². The molecule has 1 N–H and O–H groups in total. The second-order valence-corrected chi connectivity index (χ2v) is 11.5. The van der Waals surface area contributed by atoms with Crippen molar-refractivity contribution in [1.82, 2.24) is 5.32 Å². The number of anilines is 1. The molecule has 1 atom stereocenters. The lowest BCUT2D eigenvalue weighted by atomic mass is 10.0. The van der Waals surface area contributed by atoms with Gasteiger partial charge in [-0.15, -0.1) is 11.8 Å². The summed E-state index contributed by atoms with van der Waals surface area (Å²) in [5.74, 6) is -0.0435. The Morgan fingerprint density at radius 3 is 2.59 bits per heavy atom. The molecule has 2 amide bonds. The van der Waals surface area contributed by atoms with Gasteiger partial charge in [0.05, 0.1) is 28.0 Å². The molecule has 3 aromatic rings. The fourth-order valence-electron chi connectivity index (χ4n) is 4.57. The van der Waals surface area contributed by atoms with Crippen LogP contribution in [0, 0.1) is 0 Å². The maximum Gasteiger partial charge on any atom is 0.252 e. The number of para-hydroxylation sites is 1. The van der Waals surface area contributed by atoms with Crippen molar-refractivity contribution in [3.63, 3.8) is 0 Å². The smallest absolute Gasteiger partial charge is 0.252 e. The first-order valence-corrected chi connectivity index (χ1v) is 13.8. The molecule has 6 nitrogen and oxygen atoms in total. The van der Waals surface area contributed by atoms with E-state index in [4.69, 9.17) is 0 Å². The van der Waals surface area contributed by atoms with Gasteiger partial charge < -0.3 is 10.2 Å².